The number of halogens is 1. The highest BCUT2D eigenvalue weighted by Gasteiger charge is 2.14. The Kier molecular flexibility index (Phi) is 3.19. The maximum Gasteiger partial charge on any atom is 0.270 e. The number of nitrogens with zero attached hydrogens (tertiary/aromatic N) is 3. The molecule has 0 fully saturated rings. The molecule has 1 amide bonds. The van der Waals surface area contributed by atoms with E-state index in [1.54, 1.807) is 35.1 Å². The molecule has 0 saturated carbocycles. The number of rotatable bonds is 3. The molecule has 0 atom stereocenters. The summed E-state index contributed by atoms with van der Waals surface area (Å²) in [5.74, 6) is -0.0965. The third-order valence-corrected chi connectivity index (χ3v) is 2.62. The van der Waals surface area contributed by atoms with Crippen molar-refractivity contribution < 1.29 is 4.79 Å². The van der Waals surface area contributed by atoms with E-state index in [0.717, 1.165) is 5.56 Å². The fourth-order valence-corrected chi connectivity index (χ4v) is 1.76. The predicted molar refractivity (Wildman–Crippen MR) is 64.8 cm³/mol. The molecule has 2 aromatic heterocycles. The zero-order valence-electron chi connectivity index (χ0n) is 9.64. The van der Waals surface area contributed by atoms with Gasteiger partial charge in [-0.25, -0.2) is 0 Å². The van der Waals surface area contributed by atoms with E-state index in [9.17, 15) is 4.79 Å². The second-order valence-corrected chi connectivity index (χ2v) is 4.35. The Balaban J connectivity index is 2.05. The van der Waals surface area contributed by atoms with Crippen LogP contribution in [0.1, 0.15) is 16.1 Å². The molecule has 0 aliphatic carbocycles. The molecule has 0 aliphatic rings. The number of aryl methyl sites for hydroxylation is 1. The van der Waals surface area contributed by atoms with Crippen LogP contribution in [0.2, 0.25) is 5.02 Å². The first kappa shape index (κ1) is 11.7. The fourth-order valence-electron chi connectivity index (χ4n) is 1.60. The first-order valence-corrected chi connectivity index (χ1v) is 5.51. The zero-order chi connectivity index (χ0) is 12.4. The van der Waals surface area contributed by atoms with Crippen molar-refractivity contribution >= 4 is 17.5 Å². The molecule has 0 bridgehead atoms. The highest BCUT2D eigenvalue weighted by atomic mass is 35.5. The third kappa shape index (κ3) is 2.68. The van der Waals surface area contributed by atoms with E-state index in [0.29, 0.717) is 17.3 Å². The number of carbonyl (C=O) groups excluding carboxylic acids is 1. The topological polar surface area (TPSA) is 53.9 Å². The molecule has 90 valence electrons. The molecule has 0 aromatic carbocycles. The Labute approximate surface area is 104 Å². The number of nitrogens with one attached hydrogen (secondary N) is 1. The lowest BCUT2D eigenvalue weighted by molar-refractivity contribution is 0.0780. The minimum absolute atomic E-state index is 0.0965. The van der Waals surface area contributed by atoms with Gasteiger partial charge in [0.1, 0.15) is 5.69 Å². The van der Waals surface area contributed by atoms with Crippen LogP contribution in [0.4, 0.5) is 0 Å². The minimum Gasteiger partial charge on any atom is -0.356 e. The quantitative estimate of drug-likeness (QED) is 0.904. The largest absolute Gasteiger partial charge is 0.356 e. The molecule has 0 radical (unpaired) electrons. The monoisotopic (exact) mass is 252 g/mol. The van der Waals surface area contributed by atoms with E-state index in [1.165, 1.54) is 0 Å². The maximum atomic E-state index is 12.0. The van der Waals surface area contributed by atoms with Crippen molar-refractivity contribution in [3.8, 4) is 0 Å². The summed E-state index contributed by atoms with van der Waals surface area (Å²) in [5, 5.41) is 4.59. The van der Waals surface area contributed by atoms with Crippen molar-refractivity contribution in [1.82, 2.24) is 19.7 Å². The standard InChI is InChI=1S/C11H13ClN4O/c1-15(6-8-4-14-16(2)7-8)11(17)10-3-9(12)5-13-10/h3-5,7,13H,6H2,1-2H3. The van der Waals surface area contributed by atoms with E-state index in [-0.39, 0.29) is 5.91 Å². The number of carbonyl (C=O) groups is 1. The Bertz CT molecular complexity index is 531. The molecule has 2 heterocycles. The SMILES string of the molecule is CN(Cc1cnn(C)c1)C(=O)c1cc(Cl)c[nH]1. The first-order valence-electron chi connectivity index (χ1n) is 5.13. The molecule has 0 aliphatic heterocycles. The molecule has 5 nitrogen and oxygen atoms in total. The zero-order valence-corrected chi connectivity index (χ0v) is 10.4. The number of hydrogen-bond acceptors (Lipinski definition) is 2. The summed E-state index contributed by atoms with van der Waals surface area (Å²) < 4.78 is 1.71. The van der Waals surface area contributed by atoms with Crippen LogP contribution in [0.3, 0.4) is 0 Å². The summed E-state index contributed by atoms with van der Waals surface area (Å²) in [4.78, 5) is 16.4. The molecule has 2 aromatic rings. The van der Waals surface area contributed by atoms with Crippen LogP contribution in [0.15, 0.2) is 24.7 Å². The lowest BCUT2D eigenvalue weighted by atomic mass is 10.3. The van der Waals surface area contributed by atoms with E-state index in [1.807, 2.05) is 13.2 Å². The molecule has 0 spiro atoms. The number of amides is 1. The van der Waals surface area contributed by atoms with Crippen LogP contribution >= 0.6 is 11.6 Å². The van der Waals surface area contributed by atoms with Gasteiger partial charge in [-0.15, -0.1) is 0 Å². The molecule has 6 heteroatoms. The second-order valence-electron chi connectivity index (χ2n) is 3.92. The predicted octanol–water partition coefficient (Wildman–Crippen LogP) is 1.67. The fraction of sp³-hybridized carbons (Fsp3) is 0.273. The van der Waals surface area contributed by atoms with E-state index >= 15 is 0 Å². The van der Waals surface area contributed by atoms with Crippen molar-refractivity contribution in [2.24, 2.45) is 7.05 Å². The summed E-state index contributed by atoms with van der Waals surface area (Å²) in [6.45, 7) is 0.517. The van der Waals surface area contributed by atoms with Gasteiger partial charge in [-0.05, 0) is 6.07 Å². The van der Waals surface area contributed by atoms with Crippen molar-refractivity contribution in [3.63, 3.8) is 0 Å². The molecule has 17 heavy (non-hydrogen) atoms. The van der Waals surface area contributed by atoms with Gasteiger partial charge in [0, 0.05) is 38.6 Å². The maximum absolute atomic E-state index is 12.0. The van der Waals surface area contributed by atoms with Crippen molar-refractivity contribution in [1.29, 1.82) is 0 Å². The molecule has 2 rings (SSSR count). The summed E-state index contributed by atoms with van der Waals surface area (Å²) >= 11 is 5.76. The molecule has 0 unspecified atom stereocenters. The smallest absolute Gasteiger partial charge is 0.270 e. The highest BCUT2D eigenvalue weighted by Crippen LogP contribution is 2.12. The van der Waals surface area contributed by atoms with Crippen molar-refractivity contribution in [3.05, 3.63) is 40.9 Å². The van der Waals surface area contributed by atoms with Gasteiger partial charge in [0.05, 0.1) is 11.2 Å². The van der Waals surface area contributed by atoms with Crippen LogP contribution in [-0.4, -0.2) is 32.6 Å². The lowest BCUT2D eigenvalue weighted by Crippen LogP contribution is -2.26. The normalized spacial score (nSPS) is 10.5. The number of hydrogen-bond donors (Lipinski definition) is 1. The van der Waals surface area contributed by atoms with E-state index in [2.05, 4.69) is 10.1 Å². The highest BCUT2D eigenvalue weighted by molar-refractivity contribution is 6.30. The minimum atomic E-state index is -0.0965. The van der Waals surface area contributed by atoms with Gasteiger partial charge in [-0.3, -0.25) is 9.48 Å². The lowest BCUT2D eigenvalue weighted by Gasteiger charge is -2.14. The van der Waals surface area contributed by atoms with Gasteiger partial charge < -0.3 is 9.88 Å². The number of aromatic nitrogens is 3. The Morgan fingerprint density at radius 1 is 1.65 bits per heavy atom. The van der Waals surface area contributed by atoms with Gasteiger partial charge in [-0.2, -0.15) is 5.10 Å². The first-order chi connectivity index (χ1) is 8.06. The van der Waals surface area contributed by atoms with Crippen LogP contribution in [-0.2, 0) is 13.6 Å². The Morgan fingerprint density at radius 2 is 2.41 bits per heavy atom. The molecular weight excluding hydrogens is 240 g/mol. The van der Waals surface area contributed by atoms with Crippen LogP contribution in [0.5, 0.6) is 0 Å². The molecule has 1 N–H and O–H groups in total. The van der Waals surface area contributed by atoms with Crippen molar-refractivity contribution in [2.45, 2.75) is 6.54 Å². The second kappa shape index (κ2) is 4.63. The van der Waals surface area contributed by atoms with Gasteiger partial charge in [0.2, 0.25) is 0 Å². The summed E-state index contributed by atoms with van der Waals surface area (Å²) in [6, 6.07) is 1.61. The van der Waals surface area contributed by atoms with Gasteiger partial charge >= 0.3 is 0 Å². The summed E-state index contributed by atoms with van der Waals surface area (Å²) in [7, 11) is 3.58. The molecular formula is C11H13ClN4O. The van der Waals surface area contributed by atoms with E-state index in [4.69, 9.17) is 11.6 Å². The van der Waals surface area contributed by atoms with Gasteiger partial charge in [0.25, 0.3) is 5.91 Å². The Hall–Kier alpha value is -1.75. The van der Waals surface area contributed by atoms with E-state index < -0.39 is 0 Å². The number of aromatic amines is 1. The average molecular weight is 253 g/mol. The van der Waals surface area contributed by atoms with Crippen molar-refractivity contribution in [2.75, 3.05) is 7.05 Å². The summed E-state index contributed by atoms with van der Waals surface area (Å²) in [5.41, 5.74) is 1.47. The average Bonchev–Trinajstić information content (AvgIpc) is 2.87. The summed E-state index contributed by atoms with van der Waals surface area (Å²) in [6.07, 6.45) is 5.21. The van der Waals surface area contributed by atoms with Crippen LogP contribution in [0.25, 0.3) is 0 Å². The van der Waals surface area contributed by atoms with Crippen LogP contribution < -0.4 is 0 Å². The van der Waals surface area contributed by atoms with Crippen LogP contribution in [0, 0.1) is 0 Å². The third-order valence-electron chi connectivity index (χ3n) is 2.40. The van der Waals surface area contributed by atoms with Gasteiger partial charge in [-0.1, -0.05) is 11.6 Å². The molecule has 0 saturated heterocycles. The Morgan fingerprint density at radius 3 is 2.94 bits per heavy atom. The van der Waals surface area contributed by atoms with Gasteiger partial charge in [0.15, 0.2) is 0 Å². The number of H-pyrrole nitrogens is 1.